The fraction of sp³-hybridized carbons (Fsp3) is 0.385. The van der Waals surface area contributed by atoms with Crippen molar-refractivity contribution in [3.05, 3.63) is 29.8 Å². The molecule has 3 nitrogen and oxygen atoms in total. The maximum absolute atomic E-state index is 11.7. The van der Waals surface area contributed by atoms with E-state index in [1.165, 1.54) is 11.8 Å². The largest absolute Gasteiger partial charge is 0.480 e. The number of aliphatic carboxylic acids is 1. The highest BCUT2D eigenvalue weighted by Gasteiger charge is 2.30. The van der Waals surface area contributed by atoms with Crippen molar-refractivity contribution in [2.75, 3.05) is 0 Å². The number of ketones is 1. The Kier molecular flexibility index (Phi) is 3.52. The van der Waals surface area contributed by atoms with Crippen molar-refractivity contribution in [2.24, 2.45) is 5.92 Å². The molecule has 1 aromatic carbocycles. The molecule has 0 radical (unpaired) electrons. The van der Waals surface area contributed by atoms with Crippen LogP contribution in [0.4, 0.5) is 0 Å². The number of thioether (sulfide) groups is 1. The second-order valence-corrected chi connectivity index (χ2v) is 5.68. The Bertz CT molecular complexity index is 434. The van der Waals surface area contributed by atoms with E-state index in [0.717, 1.165) is 23.3 Å². The molecule has 1 aromatic rings. The number of carboxylic acid groups (broad SMARTS) is 1. The third-order valence-electron chi connectivity index (χ3n) is 2.75. The van der Waals surface area contributed by atoms with Gasteiger partial charge >= 0.3 is 5.97 Å². The second kappa shape index (κ2) is 4.92. The van der Waals surface area contributed by atoms with E-state index in [4.69, 9.17) is 5.11 Å². The molecule has 1 fully saturated rings. The van der Waals surface area contributed by atoms with Crippen molar-refractivity contribution < 1.29 is 14.7 Å². The Morgan fingerprint density at radius 1 is 1.29 bits per heavy atom. The van der Waals surface area contributed by atoms with Gasteiger partial charge in [-0.15, -0.1) is 11.8 Å². The SMILES string of the molecule is CC(Sc1ccc(C(=O)C2CC2)cc1)C(=O)O. The minimum absolute atomic E-state index is 0.216. The zero-order valence-corrected chi connectivity index (χ0v) is 10.4. The molecule has 1 aliphatic carbocycles. The molecule has 1 aliphatic rings. The first-order valence-electron chi connectivity index (χ1n) is 5.61. The van der Waals surface area contributed by atoms with E-state index in [1.807, 2.05) is 12.1 Å². The predicted molar refractivity (Wildman–Crippen MR) is 66.5 cm³/mol. The van der Waals surface area contributed by atoms with Crippen LogP contribution >= 0.6 is 11.8 Å². The molecule has 4 heteroatoms. The van der Waals surface area contributed by atoms with E-state index in [0.29, 0.717) is 0 Å². The molecule has 0 heterocycles. The van der Waals surface area contributed by atoms with Crippen molar-refractivity contribution in [1.29, 1.82) is 0 Å². The summed E-state index contributed by atoms with van der Waals surface area (Å²) in [5.74, 6) is -0.382. The average Bonchev–Trinajstić information content (AvgIpc) is 3.13. The van der Waals surface area contributed by atoms with Crippen LogP contribution in [-0.2, 0) is 4.79 Å². The van der Waals surface area contributed by atoms with Gasteiger partial charge in [-0.1, -0.05) is 12.1 Å². The standard InChI is InChI=1S/C13H14O3S/c1-8(13(15)16)17-11-6-4-10(5-7-11)12(14)9-2-3-9/h4-9H,2-3H2,1H3,(H,15,16). The number of carbonyl (C=O) groups excluding carboxylic acids is 1. The number of carboxylic acids is 1. The van der Waals surface area contributed by atoms with Crippen molar-refractivity contribution in [3.8, 4) is 0 Å². The molecule has 0 amide bonds. The van der Waals surface area contributed by atoms with Gasteiger partial charge in [0.15, 0.2) is 5.78 Å². The van der Waals surface area contributed by atoms with Crippen LogP contribution < -0.4 is 0 Å². The molecule has 17 heavy (non-hydrogen) atoms. The lowest BCUT2D eigenvalue weighted by Crippen LogP contribution is -2.11. The lowest BCUT2D eigenvalue weighted by atomic mass is 10.1. The van der Waals surface area contributed by atoms with Crippen molar-refractivity contribution in [2.45, 2.75) is 29.9 Å². The number of carbonyl (C=O) groups is 2. The Balaban J connectivity index is 2.02. The quantitative estimate of drug-likeness (QED) is 0.645. The van der Waals surface area contributed by atoms with Crippen molar-refractivity contribution >= 4 is 23.5 Å². The lowest BCUT2D eigenvalue weighted by Gasteiger charge is -2.06. The zero-order valence-electron chi connectivity index (χ0n) is 9.55. The molecule has 0 aliphatic heterocycles. The highest BCUT2D eigenvalue weighted by molar-refractivity contribution is 8.00. The van der Waals surface area contributed by atoms with Gasteiger partial charge in [0.25, 0.3) is 0 Å². The Morgan fingerprint density at radius 3 is 2.35 bits per heavy atom. The Hall–Kier alpha value is -1.29. The maximum atomic E-state index is 11.7. The van der Waals surface area contributed by atoms with Gasteiger partial charge in [-0.2, -0.15) is 0 Å². The highest BCUT2D eigenvalue weighted by Crippen LogP contribution is 2.33. The topological polar surface area (TPSA) is 54.4 Å². The fourth-order valence-corrected chi connectivity index (χ4v) is 2.34. The average molecular weight is 250 g/mol. The molecule has 90 valence electrons. The molecule has 0 spiro atoms. The monoisotopic (exact) mass is 250 g/mol. The van der Waals surface area contributed by atoms with E-state index in [1.54, 1.807) is 19.1 Å². The molecule has 2 rings (SSSR count). The first kappa shape index (κ1) is 12.2. The summed E-state index contributed by atoms with van der Waals surface area (Å²) >= 11 is 1.29. The highest BCUT2D eigenvalue weighted by atomic mass is 32.2. The number of benzene rings is 1. The normalized spacial score (nSPS) is 16.5. The molecule has 0 saturated heterocycles. The van der Waals surface area contributed by atoms with Gasteiger partial charge in [0.05, 0.1) is 0 Å². The third kappa shape index (κ3) is 3.09. The summed E-state index contributed by atoms with van der Waals surface area (Å²) < 4.78 is 0. The van der Waals surface area contributed by atoms with Gasteiger partial charge in [0, 0.05) is 16.4 Å². The van der Waals surface area contributed by atoms with E-state index in [-0.39, 0.29) is 11.7 Å². The van der Waals surface area contributed by atoms with Crippen LogP contribution in [0.1, 0.15) is 30.1 Å². The molecule has 1 N–H and O–H groups in total. The fourth-order valence-electron chi connectivity index (χ4n) is 1.53. The van der Waals surface area contributed by atoms with Crippen LogP contribution in [0.15, 0.2) is 29.2 Å². The summed E-state index contributed by atoms with van der Waals surface area (Å²) in [6.45, 7) is 1.65. The lowest BCUT2D eigenvalue weighted by molar-refractivity contribution is -0.136. The summed E-state index contributed by atoms with van der Waals surface area (Å²) in [6, 6.07) is 7.22. The first-order chi connectivity index (χ1) is 8.08. The molecule has 0 bridgehead atoms. The summed E-state index contributed by atoms with van der Waals surface area (Å²) in [5.41, 5.74) is 0.736. The van der Waals surface area contributed by atoms with E-state index >= 15 is 0 Å². The number of hydrogen-bond donors (Lipinski definition) is 1. The molecule has 1 saturated carbocycles. The van der Waals surface area contributed by atoms with E-state index in [9.17, 15) is 9.59 Å². The van der Waals surface area contributed by atoms with Crippen LogP contribution in [-0.4, -0.2) is 22.1 Å². The van der Waals surface area contributed by atoms with Gasteiger partial charge in [0.2, 0.25) is 0 Å². The van der Waals surface area contributed by atoms with Crippen LogP contribution in [0.5, 0.6) is 0 Å². The van der Waals surface area contributed by atoms with E-state index in [2.05, 4.69) is 0 Å². The van der Waals surface area contributed by atoms with E-state index < -0.39 is 11.2 Å². The number of Topliss-reactive ketones (excluding diaryl/α,β-unsaturated/α-hetero) is 1. The molecular formula is C13H14O3S. The summed E-state index contributed by atoms with van der Waals surface area (Å²) in [7, 11) is 0. The van der Waals surface area contributed by atoms with Crippen LogP contribution in [0.2, 0.25) is 0 Å². The smallest absolute Gasteiger partial charge is 0.316 e. The third-order valence-corrected chi connectivity index (χ3v) is 3.85. The van der Waals surface area contributed by atoms with Crippen molar-refractivity contribution in [3.63, 3.8) is 0 Å². The van der Waals surface area contributed by atoms with Gasteiger partial charge in [-0.3, -0.25) is 9.59 Å². The van der Waals surface area contributed by atoms with Gasteiger partial charge in [-0.25, -0.2) is 0 Å². The summed E-state index contributed by atoms with van der Waals surface area (Å²) in [4.78, 5) is 23.3. The van der Waals surface area contributed by atoms with Crippen LogP contribution in [0.3, 0.4) is 0 Å². The summed E-state index contributed by atoms with van der Waals surface area (Å²) in [5, 5.41) is 8.32. The van der Waals surface area contributed by atoms with Gasteiger partial charge < -0.3 is 5.11 Å². The first-order valence-corrected chi connectivity index (χ1v) is 6.49. The van der Waals surface area contributed by atoms with Crippen LogP contribution in [0.25, 0.3) is 0 Å². The van der Waals surface area contributed by atoms with Gasteiger partial charge in [0.1, 0.15) is 5.25 Å². The predicted octanol–water partition coefficient (Wildman–Crippen LogP) is 2.84. The minimum atomic E-state index is -0.826. The number of hydrogen-bond acceptors (Lipinski definition) is 3. The van der Waals surface area contributed by atoms with Crippen molar-refractivity contribution in [1.82, 2.24) is 0 Å². The van der Waals surface area contributed by atoms with Gasteiger partial charge in [-0.05, 0) is 31.9 Å². The molecule has 0 aromatic heterocycles. The molecule has 1 unspecified atom stereocenters. The number of rotatable bonds is 5. The maximum Gasteiger partial charge on any atom is 0.316 e. The molecule has 1 atom stereocenters. The van der Waals surface area contributed by atoms with Crippen LogP contribution in [0, 0.1) is 5.92 Å². The second-order valence-electron chi connectivity index (χ2n) is 4.26. The Morgan fingerprint density at radius 2 is 1.88 bits per heavy atom. The minimum Gasteiger partial charge on any atom is -0.480 e. The Labute approximate surface area is 104 Å². The zero-order chi connectivity index (χ0) is 12.4. The molecular weight excluding hydrogens is 236 g/mol. The summed E-state index contributed by atoms with van der Waals surface area (Å²) in [6.07, 6.45) is 2.01.